The minimum atomic E-state index is -0.294. The number of fused-ring (bicyclic) bond motifs is 1. The van der Waals surface area contributed by atoms with Crippen LogP contribution in [0.3, 0.4) is 0 Å². The number of nitrogens with zero attached hydrogens (tertiary/aromatic N) is 5. The van der Waals surface area contributed by atoms with E-state index in [1.165, 1.54) is 6.07 Å². The molecule has 6 nitrogen and oxygen atoms in total. The van der Waals surface area contributed by atoms with Crippen LogP contribution in [-0.2, 0) is 0 Å². The lowest BCUT2D eigenvalue weighted by Gasteiger charge is -2.38. The first-order valence-corrected chi connectivity index (χ1v) is 10.6. The van der Waals surface area contributed by atoms with Gasteiger partial charge in [-0.05, 0) is 26.0 Å². The summed E-state index contributed by atoms with van der Waals surface area (Å²) in [4.78, 5) is 16.0. The number of piperazine rings is 1. The molecule has 31 heavy (non-hydrogen) atoms. The summed E-state index contributed by atoms with van der Waals surface area (Å²) < 4.78 is 16.7. The first kappa shape index (κ1) is 19.9. The fourth-order valence-corrected chi connectivity index (χ4v) is 4.32. The number of hydrogen-bond donors (Lipinski definition) is 1. The second-order valence-electron chi connectivity index (χ2n) is 7.93. The smallest absolute Gasteiger partial charge is 0.151 e. The van der Waals surface area contributed by atoms with Gasteiger partial charge in [-0.15, -0.1) is 0 Å². The summed E-state index contributed by atoms with van der Waals surface area (Å²) >= 11 is 6.22. The molecule has 0 spiro atoms. The van der Waals surface area contributed by atoms with E-state index in [1.807, 2.05) is 16.8 Å². The van der Waals surface area contributed by atoms with Crippen molar-refractivity contribution in [2.24, 2.45) is 0 Å². The Kier molecular flexibility index (Phi) is 5.08. The molecule has 4 heterocycles. The molecule has 158 valence electrons. The summed E-state index contributed by atoms with van der Waals surface area (Å²) in [6, 6.07) is 10.8. The van der Waals surface area contributed by atoms with Crippen molar-refractivity contribution in [3.63, 3.8) is 0 Å². The second-order valence-corrected chi connectivity index (χ2v) is 8.37. The van der Waals surface area contributed by atoms with Crippen molar-refractivity contribution in [2.75, 3.05) is 18.0 Å². The zero-order valence-corrected chi connectivity index (χ0v) is 18.0. The van der Waals surface area contributed by atoms with E-state index in [0.717, 1.165) is 29.9 Å². The Morgan fingerprint density at radius 2 is 1.94 bits per heavy atom. The maximum absolute atomic E-state index is 14.9. The van der Waals surface area contributed by atoms with Crippen LogP contribution in [0.2, 0.25) is 5.02 Å². The van der Waals surface area contributed by atoms with Crippen molar-refractivity contribution in [1.29, 1.82) is 0 Å². The molecule has 0 saturated carbocycles. The Hall–Kier alpha value is -3.03. The third kappa shape index (κ3) is 3.54. The van der Waals surface area contributed by atoms with Gasteiger partial charge in [0.1, 0.15) is 23.8 Å². The van der Waals surface area contributed by atoms with Crippen molar-refractivity contribution < 1.29 is 4.39 Å². The average Bonchev–Trinajstić information content (AvgIpc) is 3.15. The van der Waals surface area contributed by atoms with E-state index in [2.05, 4.69) is 39.0 Å². The minimum Gasteiger partial charge on any atom is -0.350 e. The van der Waals surface area contributed by atoms with E-state index in [-0.39, 0.29) is 11.9 Å². The molecule has 0 bridgehead atoms. The van der Waals surface area contributed by atoms with Crippen LogP contribution in [0.4, 0.5) is 10.2 Å². The molecular weight excluding hydrogens is 415 g/mol. The average molecular weight is 437 g/mol. The lowest BCUT2D eigenvalue weighted by atomic mass is 10.0. The topological polar surface area (TPSA) is 58.9 Å². The Bertz CT molecular complexity index is 1260. The van der Waals surface area contributed by atoms with E-state index in [9.17, 15) is 4.39 Å². The summed E-state index contributed by atoms with van der Waals surface area (Å²) in [5.74, 6) is 1.12. The normalized spacial score (nSPS) is 19.2. The molecule has 0 amide bonds. The Labute approximate surface area is 184 Å². The van der Waals surface area contributed by atoms with E-state index < -0.39 is 0 Å². The highest BCUT2D eigenvalue weighted by Crippen LogP contribution is 2.38. The predicted octanol–water partition coefficient (Wildman–Crippen LogP) is 4.46. The maximum Gasteiger partial charge on any atom is 0.151 e. The van der Waals surface area contributed by atoms with Crippen LogP contribution >= 0.6 is 11.6 Å². The van der Waals surface area contributed by atoms with Crippen LogP contribution in [0.1, 0.15) is 13.8 Å². The highest BCUT2D eigenvalue weighted by Gasteiger charge is 2.28. The van der Waals surface area contributed by atoms with Gasteiger partial charge in [-0.2, -0.15) is 0 Å². The van der Waals surface area contributed by atoms with Crippen LogP contribution in [0.15, 0.2) is 55.1 Å². The van der Waals surface area contributed by atoms with Crippen molar-refractivity contribution in [2.45, 2.75) is 25.9 Å². The molecule has 4 aromatic rings. The van der Waals surface area contributed by atoms with Crippen LogP contribution in [0.25, 0.3) is 28.0 Å². The molecule has 0 aliphatic carbocycles. The number of benzene rings is 1. The van der Waals surface area contributed by atoms with Crippen LogP contribution in [-0.4, -0.2) is 44.7 Å². The van der Waals surface area contributed by atoms with Crippen molar-refractivity contribution in [1.82, 2.24) is 24.8 Å². The van der Waals surface area contributed by atoms with Crippen LogP contribution in [0, 0.1) is 5.82 Å². The van der Waals surface area contributed by atoms with Gasteiger partial charge in [-0.25, -0.2) is 19.3 Å². The zero-order chi connectivity index (χ0) is 21.5. The SMILES string of the molecule is C[C@@H]1CN(c2ncnc3c2c(-c2ccccc2F)cn3-c2cc(Cl)ccn2)[C@@H](C)CN1. The predicted molar refractivity (Wildman–Crippen MR) is 121 cm³/mol. The van der Waals surface area contributed by atoms with Crippen molar-refractivity contribution in [3.8, 4) is 16.9 Å². The molecular formula is C23H22ClFN6. The fourth-order valence-electron chi connectivity index (χ4n) is 4.16. The molecule has 3 aromatic heterocycles. The third-order valence-electron chi connectivity index (χ3n) is 5.72. The van der Waals surface area contributed by atoms with Gasteiger partial charge in [-0.3, -0.25) is 4.57 Å². The highest BCUT2D eigenvalue weighted by atomic mass is 35.5. The van der Waals surface area contributed by atoms with Crippen LogP contribution < -0.4 is 10.2 Å². The molecule has 5 rings (SSSR count). The van der Waals surface area contributed by atoms with E-state index in [4.69, 9.17) is 11.6 Å². The highest BCUT2D eigenvalue weighted by molar-refractivity contribution is 6.30. The molecule has 1 N–H and O–H groups in total. The van der Waals surface area contributed by atoms with E-state index in [0.29, 0.717) is 28.1 Å². The molecule has 1 aliphatic heterocycles. The van der Waals surface area contributed by atoms with Crippen molar-refractivity contribution in [3.05, 3.63) is 66.0 Å². The molecule has 1 fully saturated rings. The summed E-state index contributed by atoms with van der Waals surface area (Å²) in [5, 5.41) is 4.87. The van der Waals surface area contributed by atoms with E-state index >= 15 is 0 Å². The number of aromatic nitrogens is 4. The number of rotatable bonds is 3. The largest absolute Gasteiger partial charge is 0.350 e. The van der Waals surface area contributed by atoms with E-state index in [1.54, 1.807) is 36.8 Å². The van der Waals surface area contributed by atoms with Gasteiger partial charge in [0.2, 0.25) is 0 Å². The second kappa shape index (κ2) is 7.90. The quantitative estimate of drug-likeness (QED) is 0.513. The van der Waals surface area contributed by atoms with Gasteiger partial charge in [0, 0.05) is 59.8 Å². The first-order chi connectivity index (χ1) is 15.0. The number of hydrogen-bond acceptors (Lipinski definition) is 5. The van der Waals surface area contributed by atoms with Gasteiger partial charge in [0.15, 0.2) is 5.65 Å². The molecule has 2 atom stereocenters. The summed E-state index contributed by atoms with van der Waals surface area (Å²) in [6.07, 6.45) is 5.08. The van der Waals surface area contributed by atoms with Crippen LogP contribution in [0.5, 0.6) is 0 Å². The molecule has 1 saturated heterocycles. The van der Waals surface area contributed by atoms with Gasteiger partial charge in [0.05, 0.1) is 5.39 Å². The standard InChI is InChI=1S/C23H22ClFN6/c1-14-11-30(15(2)10-27-14)22-21-18(17-5-3-4-6-19(17)25)12-31(23(21)29-13-28-22)20-9-16(24)7-8-26-20/h3-9,12-15,27H,10-11H2,1-2H3/t14-,15+/m1/s1. The number of anilines is 1. The Morgan fingerprint density at radius 1 is 1.10 bits per heavy atom. The minimum absolute atomic E-state index is 0.232. The maximum atomic E-state index is 14.9. The molecule has 8 heteroatoms. The number of nitrogens with one attached hydrogen (secondary N) is 1. The van der Waals surface area contributed by atoms with Gasteiger partial charge >= 0.3 is 0 Å². The lowest BCUT2D eigenvalue weighted by Crippen LogP contribution is -2.54. The van der Waals surface area contributed by atoms with Gasteiger partial charge in [0.25, 0.3) is 0 Å². The van der Waals surface area contributed by atoms with Gasteiger partial charge in [-0.1, -0.05) is 29.8 Å². The number of halogens is 2. The lowest BCUT2D eigenvalue weighted by molar-refractivity contribution is 0.423. The summed E-state index contributed by atoms with van der Waals surface area (Å²) in [5.41, 5.74) is 1.89. The Morgan fingerprint density at radius 3 is 2.74 bits per heavy atom. The first-order valence-electron chi connectivity index (χ1n) is 10.3. The monoisotopic (exact) mass is 436 g/mol. The van der Waals surface area contributed by atoms with Crippen molar-refractivity contribution >= 4 is 28.5 Å². The number of pyridine rings is 1. The molecule has 1 aliphatic rings. The fraction of sp³-hybridized carbons (Fsp3) is 0.261. The third-order valence-corrected chi connectivity index (χ3v) is 5.95. The Balaban J connectivity index is 1.81. The summed E-state index contributed by atoms with van der Waals surface area (Å²) in [6.45, 7) is 5.95. The summed E-state index contributed by atoms with van der Waals surface area (Å²) in [7, 11) is 0. The molecule has 1 aromatic carbocycles. The zero-order valence-electron chi connectivity index (χ0n) is 17.3. The molecule has 0 unspecified atom stereocenters. The van der Waals surface area contributed by atoms with Gasteiger partial charge < -0.3 is 10.2 Å². The molecule has 0 radical (unpaired) electrons.